The lowest BCUT2D eigenvalue weighted by Gasteiger charge is -2.15. The molecule has 1 N–H and O–H groups in total. The van der Waals surface area contributed by atoms with E-state index >= 15 is 0 Å². The molecule has 120 valence electrons. The lowest BCUT2D eigenvalue weighted by atomic mass is 10.1. The van der Waals surface area contributed by atoms with Gasteiger partial charge < -0.3 is 10.2 Å². The third kappa shape index (κ3) is 4.67. The van der Waals surface area contributed by atoms with Crippen LogP contribution in [0.3, 0.4) is 0 Å². The second-order valence-electron chi connectivity index (χ2n) is 6.56. The topological polar surface area (TPSA) is 51.4 Å². The first-order valence-electron chi connectivity index (χ1n) is 7.73. The average molecular weight is 318 g/mol. The van der Waals surface area contributed by atoms with Crippen LogP contribution in [0.5, 0.6) is 0 Å². The number of hydrogen-bond donors (Lipinski definition) is 1. The molecule has 1 heterocycles. The molecule has 0 aliphatic heterocycles. The Hall–Kier alpha value is -1.66. The van der Waals surface area contributed by atoms with Crippen LogP contribution in [0.1, 0.15) is 12.5 Å². The maximum atomic E-state index is 5.80. The number of rotatable bonds is 8. The van der Waals surface area contributed by atoms with E-state index in [-0.39, 0.29) is 0 Å². The molecular weight excluding hydrogens is 292 g/mol. The van der Waals surface area contributed by atoms with Crippen LogP contribution in [0.2, 0.25) is 25.7 Å². The van der Waals surface area contributed by atoms with Crippen molar-refractivity contribution in [1.29, 1.82) is 0 Å². The number of aromatic nitrogens is 2. The van der Waals surface area contributed by atoms with Crippen molar-refractivity contribution >= 4 is 25.2 Å². The lowest BCUT2D eigenvalue weighted by molar-refractivity contribution is 0.0817. The van der Waals surface area contributed by atoms with Crippen LogP contribution in [0.4, 0.5) is 0 Å². The second-order valence-corrected chi connectivity index (χ2v) is 12.2. The van der Waals surface area contributed by atoms with Gasteiger partial charge in [-0.2, -0.15) is 10.2 Å². The summed E-state index contributed by atoms with van der Waals surface area (Å²) in [6, 6.07) is 7.40. The van der Waals surface area contributed by atoms with Crippen molar-refractivity contribution in [3.05, 3.63) is 30.0 Å². The largest absolute Gasteiger partial charge is 0.360 e. The summed E-state index contributed by atoms with van der Waals surface area (Å²) in [6.45, 7) is 11.0. The lowest BCUT2D eigenvalue weighted by Crippen LogP contribution is -2.22. The molecule has 1 aromatic carbocycles. The molecule has 2 rings (SSSR count). The Kier molecular flexibility index (Phi) is 5.74. The molecule has 0 spiro atoms. The third-order valence-electron chi connectivity index (χ3n) is 3.48. The molecule has 0 amide bonds. The smallest absolute Gasteiger partial charge is 0.139 e. The highest BCUT2D eigenvalue weighted by Crippen LogP contribution is 2.18. The quantitative estimate of drug-likeness (QED) is 0.351. The van der Waals surface area contributed by atoms with E-state index in [0.29, 0.717) is 13.3 Å². The Morgan fingerprint density at radius 3 is 2.91 bits per heavy atom. The molecule has 0 fully saturated rings. The minimum absolute atomic E-state index is 0.512. The van der Waals surface area contributed by atoms with Crippen molar-refractivity contribution in [3.8, 4) is 0 Å². The van der Waals surface area contributed by atoms with Gasteiger partial charge in [0, 0.05) is 26.3 Å². The monoisotopic (exact) mass is 318 g/mol. The first-order valence-corrected chi connectivity index (χ1v) is 11.4. The van der Waals surface area contributed by atoms with E-state index in [9.17, 15) is 0 Å². The molecule has 0 atom stereocenters. The van der Waals surface area contributed by atoms with Crippen LogP contribution in [0, 0.1) is 0 Å². The number of fused-ring (bicyclic) bond motifs is 1. The average Bonchev–Trinajstić information content (AvgIpc) is 2.87. The molecule has 0 saturated heterocycles. The summed E-state index contributed by atoms with van der Waals surface area (Å²) in [5.74, 6) is 0. The molecule has 0 saturated carbocycles. The van der Waals surface area contributed by atoms with Crippen molar-refractivity contribution in [3.63, 3.8) is 0 Å². The normalized spacial score (nSPS) is 12.4. The van der Waals surface area contributed by atoms with Gasteiger partial charge in [0.2, 0.25) is 0 Å². The van der Waals surface area contributed by atoms with Gasteiger partial charge in [0.1, 0.15) is 6.73 Å². The van der Waals surface area contributed by atoms with Gasteiger partial charge in [0.05, 0.1) is 18.3 Å². The van der Waals surface area contributed by atoms with Crippen LogP contribution in [-0.4, -0.2) is 30.7 Å². The minimum atomic E-state index is -1.04. The van der Waals surface area contributed by atoms with Crippen molar-refractivity contribution in [2.24, 2.45) is 5.10 Å². The Labute approximate surface area is 133 Å². The zero-order valence-electron chi connectivity index (χ0n) is 14.0. The number of nitrogens with zero attached hydrogens (tertiary/aromatic N) is 3. The third-order valence-corrected chi connectivity index (χ3v) is 5.18. The zero-order chi connectivity index (χ0) is 16.0. The van der Waals surface area contributed by atoms with E-state index in [1.54, 1.807) is 6.21 Å². The molecule has 0 bridgehead atoms. The molecule has 0 aliphatic carbocycles. The van der Waals surface area contributed by atoms with E-state index in [0.717, 1.165) is 17.5 Å². The Balaban J connectivity index is 2.01. The van der Waals surface area contributed by atoms with Crippen molar-refractivity contribution in [2.45, 2.75) is 45.9 Å². The predicted octanol–water partition coefficient (Wildman–Crippen LogP) is 3.44. The number of hydrogen-bond acceptors (Lipinski definition) is 4. The van der Waals surface area contributed by atoms with E-state index in [2.05, 4.69) is 53.5 Å². The van der Waals surface area contributed by atoms with Gasteiger partial charge in [0.15, 0.2) is 0 Å². The number of nitrogens with one attached hydrogen (secondary N) is 1. The predicted molar refractivity (Wildman–Crippen MR) is 94.8 cm³/mol. The molecule has 0 radical (unpaired) electrons. The molecule has 5 nitrogen and oxygen atoms in total. The molecule has 0 aliphatic rings. The summed E-state index contributed by atoms with van der Waals surface area (Å²) < 4.78 is 7.72. The van der Waals surface area contributed by atoms with Crippen molar-refractivity contribution < 1.29 is 4.74 Å². The highest BCUT2D eigenvalue weighted by Gasteiger charge is 2.12. The second kappa shape index (κ2) is 7.55. The van der Waals surface area contributed by atoms with Gasteiger partial charge in [0.25, 0.3) is 0 Å². The van der Waals surface area contributed by atoms with Crippen LogP contribution in [0.15, 0.2) is 29.5 Å². The summed E-state index contributed by atoms with van der Waals surface area (Å²) in [6.07, 6.45) is 3.65. The summed E-state index contributed by atoms with van der Waals surface area (Å²) in [5, 5.41) is 9.64. The Morgan fingerprint density at radius 2 is 2.18 bits per heavy atom. The highest BCUT2D eigenvalue weighted by molar-refractivity contribution is 6.76. The standard InChI is InChI=1S/C16H26N4OSi/c1-5-17-18-11-14-7-6-8-16-15(14)12-19-20(16)13-21-9-10-22(2,3)4/h5-8,12,18H,9-11,13H2,1-4H3/b17-5-. The van der Waals surface area contributed by atoms with Gasteiger partial charge in [-0.3, -0.25) is 0 Å². The van der Waals surface area contributed by atoms with Crippen molar-refractivity contribution in [2.75, 3.05) is 6.61 Å². The zero-order valence-corrected chi connectivity index (χ0v) is 15.0. The fourth-order valence-corrected chi connectivity index (χ4v) is 2.93. The highest BCUT2D eigenvalue weighted by atomic mass is 28.3. The molecule has 22 heavy (non-hydrogen) atoms. The van der Waals surface area contributed by atoms with Gasteiger partial charge in [-0.15, -0.1) is 0 Å². The summed E-state index contributed by atoms with van der Waals surface area (Å²) in [4.78, 5) is 0. The molecule has 6 heteroatoms. The SMILES string of the molecule is C/C=N\NCc1cccc2c1cnn2COCC[Si](C)(C)C. The molecule has 1 aromatic heterocycles. The summed E-state index contributed by atoms with van der Waals surface area (Å²) in [7, 11) is -1.04. The number of hydrazone groups is 1. The first-order chi connectivity index (χ1) is 10.5. The maximum absolute atomic E-state index is 5.80. The number of benzene rings is 1. The van der Waals surface area contributed by atoms with Crippen LogP contribution in [-0.2, 0) is 18.0 Å². The van der Waals surface area contributed by atoms with E-state index in [1.807, 2.05) is 17.8 Å². The van der Waals surface area contributed by atoms with Gasteiger partial charge in [-0.25, -0.2) is 4.68 Å². The summed E-state index contributed by atoms with van der Waals surface area (Å²) >= 11 is 0. The minimum Gasteiger partial charge on any atom is -0.360 e. The van der Waals surface area contributed by atoms with Crippen LogP contribution < -0.4 is 5.43 Å². The van der Waals surface area contributed by atoms with E-state index in [1.165, 1.54) is 11.6 Å². The molecule has 0 unspecified atom stereocenters. The van der Waals surface area contributed by atoms with E-state index in [4.69, 9.17) is 4.74 Å². The van der Waals surface area contributed by atoms with Crippen molar-refractivity contribution in [1.82, 2.24) is 15.2 Å². The van der Waals surface area contributed by atoms with Gasteiger partial charge in [-0.05, 0) is 24.6 Å². The van der Waals surface area contributed by atoms with Gasteiger partial charge >= 0.3 is 0 Å². The Bertz CT molecular complexity index is 631. The summed E-state index contributed by atoms with van der Waals surface area (Å²) in [5.41, 5.74) is 5.32. The number of ether oxygens (including phenoxy) is 1. The molecular formula is C16H26N4OSi. The Morgan fingerprint density at radius 1 is 1.36 bits per heavy atom. The first kappa shape index (κ1) is 16.7. The fraction of sp³-hybridized carbons (Fsp3) is 0.500. The van der Waals surface area contributed by atoms with Crippen LogP contribution >= 0.6 is 0 Å². The molecule has 2 aromatic rings. The van der Waals surface area contributed by atoms with Crippen LogP contribution in [0.25, 0.3) is 10.9 Å². The maximum Gasteiger partial charge on any atom is 0.139 e. The fourth-order valence-electron chi connectivity index (χ4n) is 2.17. The van der Waals surface area contributed by atoms with E-state index < -0.39 is 8.07 Å². The van der Waals surface area contributed by atoms with Gasteiger partial charge in [-0.1, -0.05) is 31.8 Å².